The number of rotatable bonds is 4. The number of hydrogen-bond acceptors (Lipinski definition) is 2. The SMILES string of the molecule is Fc1ccc(CNCC2CCCOC2)cc1Br. The molecule has 2 rings (SSSR count). The Labute approximate surface area is 110 Å². The van der Waals surface area contributed by atoms with Gasteiger partial charge in [0, 0.05) is 19.7 Å². The molecule has 0 bridgehead atoms. The van der Waals surface area contributed by atoms with Crippen molar-refractivity contribution < 1.29 is 9.13 Å². The first-order valence-corrected chi connectivity index (χ1v) is 6.77. The number of hydrogen-bond donors (Lipinski definition) is 1. The van der Waals surface area contributed by atoms with Crippen LogP contribution in [0.1, 0.15) is 18.4 Å². The Morgan fingerprint density at radius 3 is 3.06 bits per heavy atom. The van der Waals surface area contributed by atoms with Crippen molar-refractivity contribution in [2.75, 3.05) is 19.8 Å². The van der Waals surface area contributed by atoms with Gasteiger partial charge in [0.1, 0.15) is 5.82 Å². The maximum absolute atomic E-state index is 13.0. The second kappa shape index (κ2) is 6.47. The molecule has 1 aliphatic heterocycles. The van der Waals surface area contributed by atoms with Crippen LogP contribution in [-0.4, -0.2) is 19.8 Å². The molecule has 17 heavy (non-hydrogen) atoms. The van der Waals surface area contributed by atoms with Crippen molar-refractivity contribution in [2.24, 2.45) is 5.92 Å². The minimum Gasteiger partial charge on any atom is -0.381 e. The van der Waals surface area contributed by atoms with E-state index in [9.17, 15) is 4.39 Å². The maximum Gasteiger partial charge on any atom is 0.137 e. The first-order chi connectivity index (χ1) is 8.25. The Hall–Kier alpha value is -0.450. The van der Waals surface area contributed by atoms with Crippen molar-refractivity contribution >= 4 is 15.9 Å². The molecule has 1 aliphatic rings. The second-order valence-corrected chi connectivity index (χ2v) is 5.32. The molecule has 1 heterocycles. The number of benzene rings is 1. The molecule has 1 N–H and O–H groups in total. The van der Waals surface area contributed by atoms with E-state index in [4.69, 9.17) is 4.74 Å². The van der Waals surface area contributed by atoms with E-state index in [1.807, 2.05) is 12.1 Å². The van der Waals surface area contributed by atoms with Gasteiger partial charge in [0.25, 0.3) is 0 Å². The predicted molar refractivity (Wildman–Crippen MR) is 69.3 cm³/mol. The molecule has 1 aromatic carbocycles. The van der Waals surface area contributed by atoms with E-state index in [0.29, 0.717) is 10.4 Å². The molecule has 0 spiro atoms. The lowest BCUT2D eigenvalue weighted by molar-refractivity contribution is 0.0547. The Balaban J connectivity index is 1.75. The molecular weight excluding hydrogens is 285 g/mol. The van der Waals surface area contributed by atoms with Gasteiger partial charge in [-0.15, -0.1) is 0 Å². The largest absolute Gasteiger partial charge is 0.381 e. The molecule has 0 aliphatic carbocycles. The highest BCUT2D eigenvalue weighted by Crippen LogP contribution is 2.17. The van der Waals surface area contributed by atoms with Gasteiger partial charge in [-0.25, -0.2) is 4.39 Å². The lowest BCUT2D eigenvalue weighted by Gasteiger charge is -2.22. The van der Waals surface area contributed by atoms with E-state index >= 15 is 0 Å². The summed E-state index contributed by atoms with van der Waals surface area (Å²) in [5.41, 5.74) is 1.09. The lowest BCUT2D eigenvalue weighted by atomic mass is 10.0. The van der Waals surface area contributed by atoms with Gasteiger partial charge in [0.05, 0.1) is 11.1 Å². The molecule has 1 unspecified atom stereocenters. The van der Waals surface area contributed by atoms with Crippen LogP contribution < -0.4 is 5.32 Å². The predicted octanol–water partition coefficient (Wildman–Crippen LogP) is 3.10. The molecule has 2 nitrogen and oxygen atoms in total. The molecule has 4 heteroatoms. The summed E-state index contributed by atoms with van der Waals surface area (Å²) in [6.07, 6.45) is 2.40. The highest BCUT2D eigenvalue weighted by molar-refractivity contribution is 9.10. The molecule has 94 valence electrons. The lowest BCUT2D eigenvalue weighted by Crippen LogP contribution is -2.28. The Kier molecular flexibility index (Phi) is 4.95. The standard InChI is InChI=1S/C13H17BrFNO/c14-12-6-10(3-4-13(12)15)7-16-8-11-2-1-5-17-9-11/h3-4,6,11,16H,1-2,5,7-9H2. The summed E-state index contributed by atoms with van der Waals surface area (Å²) in [6.45, 7) is 3.51. The third-order valence-electron chi connectivity index (χ3n) is 3.00. The third kappa shape index (κ3) is 4.05. The first kappa shape index (κ1) is 13.0. The number of ether oxygens (including phenoxy) is 1. The third-order valence-corrected chi connectivity index (χ3v) is 3.61. The molecule has 1 atom stereocenters. The minimum absolute atomic E-state index is 0.213. The number of nitrogens with one attached hydrogen (secondary N) is 1. The average molecular weight is 302 g/mol. The normalized spacial score (nSPS) is 20.5. The van der Waals surface area contributed by atoms with Crippen molar-refractivity contribution in [3.05, 3.63) is 34.1 Å². The fourth-order valence-corrected chi connectivity index (χ4v) is 2.46. The van der Waals surface area contributed by atoms with Crippen LogP contribution in [0.3, 0.4) is 0 Å². The molecular formula is C13H17BrFNO. The average Bonchev–Trinajstić information content (AvgIpc) is 2.35. The zero-order chi connectivity index (χ0) is 12.1. The van der Waals surface area contributed by atoms with Crippen molar-refractivity contribution in [3.8, 4) is 0 Å². The van der Waals surface area contributed by atoms with E-state index in [-0.39, 0.29) is 5.82 Å². The van der Waals surface area contributed by atoms with Crippen molar-refractivity contribution in [1.29, 1.82) is 0 Å². The highest BCUT2D eigenvalue weighted by Gasteiger charge is 2.12. The summed E-state index contributed by atoms with van der Waals surface area (Å²) in [5, 5.41) is 3.39. The molecule has 0 amide bonds. The fourth-order valence-electron chi connectivity index (χ4n) is 2.04. The van der Waals surface area contributed by atoms with Gasteiger partial charge in [-0.3, -0.25) is 0 Å². The molecule has 1 fully saturated rings. The van der Waals surface area contributed by atoms with Gasteiger partial charge in [-0.2, -0.15) is 0 Å². The highest BCUT2D eigenvalue weighted by atomic mass is 79.9. The van der Waals surface area contributed by atoms with E-state index in [1.165, 1.54) is 12.5 Å². The number of halogens is 2. The van der Waals surface area contributed by atoms with Gasteiger partial charge >= 0.3 is 0 Å². The summed E-state index contributed by atoms with van der Waals surface area (Å²) in [4.78, 5) is 0. The van der Waals surface area contributed by atoms with Crippen LogP contribution in [0.4, 0.5) is 4.39 Å². The van der Waals surface area contributed by atoms with E-state index in [0.717, 1.165) is 38.3 Å². The topological polar surface area (TPSA) is 21.3 Å². The smallest absolute Gasteiger partial charge is 0.137 e. The quantitative estimate of drug-likeness (QED) is 0.923. The Bertz CT molecular complexity index is 366. The second-order valence-electron chi connectivity index (χ2n) is 4.46. The summed E-state index contributed by atoms with van der Waals surface area (Å²) in [7, 11) is 0. The van der Waals surface area contributed by atoms with Crippen molar-refractivity contribution in [3.63, 3.8) is 0 Å². The van der Waals surface area contributed by atoms with Gasteiger partial charge in [-0.05, 0) is 52.4 Å². The van der Waals surface area contributed by atoms with E-state index in [2.05, 4.69) is 21.2 Å². The molecule has 1 saturated heterocycles. The van der Waals surface area contributed by atoms with Crippen LogP contribution in [-0.2, 0) is 11.3 Å². The summed E-state index contributed by atoms with van der Waals surface area (Å²) in [6, 6.07) is 5.12. The van der Waals surface area contributed by atoms with Crippen LogP contribution in [0.25, 0.3) is 0 Å². The Morgan fingerprint density at radius 2 is 2.35 bits per heavy atom. The first-order valence-electron chi connectivity index (χ1n) is 5.98. The van der Waals surface area contributed by atoms with Gasteiger partial charge in [0.15, 0.2) is 0 Å². The monoisotopic (exact) mass is 301 g/mol. The summed E-state index contributed by atoms with van der Waals surface area (Å²) >= 11 is 3.19. The van der Waals surface area contributed by atoms with Crippen LogP contribution in [0, 0.1) is 11.7 Å². The van der Waals surface area contributed by atoms with Crippen LogP contribution in [0.5, 0.6) is 0 Å². The minimum atomic E-state index is -0.213. The van der Waals surface area contributed by atoms with Crippen LogP contribution >= 0.6 is 15.9 Å². The Morgan fingerprint density at radius 1 is 1.47 bits per heavy atom. The van der Waals surface area contributed by atoms with Gasteiger partial charge in [0.2, 0.25) is 0 Å². The molecule has 1 aromatic rings. The summed E-state index contributed by atoms with van der Waals surface area (Å²) < 4.78 is 19.0. The maximum atomic E-state index is 13.0. The molecule has 0 saturated carbocycles. The zero-order valence-electron chi connectivity index (χ0n) is 9.72. The van der Waals surface area contributed by atoms with Crippen LogP contribution in [0.15, 0.2) is 22.7 Å². The molecule has 0 radical (unpaired) electrons. The fraction of sp³-hybridized carbons (Fsp3) is 0.538. The molecule has 0 aromatic heterocycles. The van der Waals surface area contributed by atoms with Crippen molar-refractivity contribution in [2.45, 2.75) is 19.4 Å². The van der Waals surface area contributed by atoms with Gasteiger partial charge < -0.3 is 10.1 Å². The van der Waals surface area contributed by atoms with E-state index in [1.54, 1.807) is 0 Å². The van der Waals surface area contributed by atoms with Gasteiger partial charge in [-0.1, -0.05) is 6.07 Å². The zero-order valence-corrected chi connectivity index (χ0v) is 11.3. The summed E-state index contributed by atoms with van der Waals surface area (Å²) in [5.74, 6) is 0.405. The van der Waals surface area contributed by atoms with E-state index < -0.39 is 0 Å². The van der Waals surface area contributed by atoms with Crippen LogP contribution in [0.2, 0.25) is 0 Å². The van der Waals surface area contributed by atoms with Crippen molar-refractivity contribution in [1.82, 2.24) is 5.32 Å².